The van der Waals surface area contributed by atoms with E-state index in [1.807, 2.05) is 13.8 Å². The van der Waals surface area contributed by atoms with Gasteiger partial charge < -0.3 is 10.1 Å². The van der Waals surface area contributed by atoms with Gasteiger partial charge in [0.25, 0.3) is 0 Å². The minimum Gasteiger partial charge on any atom is -0.379 e. The fourth-order valence-electron chi connectivity index (χ4n) is 1.88. The largest absolute Gasteiger partial charge is 0.435 e. The van der Waals surface area contributed by atoms with E-state index in [2.05, 4.69) is 10.4 Å². The zero-order chi connectivity index (χ0) is 16.9. The third-order valence-electron chi connectivity index (χ3n) is 3.03. The Morgan fingerprint density at radius 1 is 1.41 bits per heavy atom. The second-order valence-corrected chi connectivity index (χ2v) is 5.35. The van der Waals surface area contributed by atoms with Crippen molar-refractivity contribution in [1.29, 1.82) is 0 Å². The molecule has 126 valence electrons. The Kier molecular flexibility index (Phi) is 6.40. The summed E-state index contributed by atoms with van der Waals surface area (Å²) in [6.45, 7) is 7.76. The molecule has 8 heteroatoms. The number of hydrogen-bond acceptors (Lipinski definition) is 3. The average molecular weight is 321 g/mol. The van der Waals surface area contributed by atoms with Gasteiger partial charge in [-0.2, -0.15) is 18.3 Å². The summed E-state index contributed by atoms with van der Waals surface area (Å²) in [5.74, 6) is -0.371. The molecule has 0 saturated carbocycles. The van der Waals surface area contributed by atoms with Crippen molar-refractivity contribution in [3.8, 4) is 0 Å². The molecular formula is C14H22F3N3O2. The fourth-order valence-corrected chi connectivity index (χ4v) is 1.88. The van der Waals surface area contributed by atoms with Gasteiger partial charge in [-0.05, 0) is 40.2 Å². The number of nitrogens with zero attached hydrogens (tertiary/aromatic N) is 2. The van der Waals surface area contributed by atoms with Crippen molar-refractivity contribution in [3.63, 3.8) is 0 Å². The number of aryl methyl sites for hydroxylation is 1. The van der Waals surface area contributed by atoms with Crippen LogP contribution in [0.3, 0.4) is 0 Å². The van der Waals surface area contributed by atoms with Crippen LogP contribution in [-0.4, -0.2) is 34.9 Å². The van der Waals surface area contributed by atoms with E-state index in [9.17, 15) is 18.0 Å². The van der Waals surface area contributed by atoms with Gasteiger partial charge in [-0.25, -0.2) is 0 Å². The van der Waals surface area contributed by atoms with Crippen LogP contribution in [0.15, 0.2) is 6.07 Å². The number of rotatable bonds is 7. The van der Waals surface area contributed by atoms with Crippen molar-refractivity contribution < 1.29 is 22.7 Å². The first-order chi connectivity index (χ1) is 10.1. The summed E-state index contributed by atoms with van der Waals surface area (Å²) in [6, 6.07) is 0.127. The molecule has 1 heterocycles. The Hall–Kier alpha value is -1.57. The van der Waals surface area contributed by atoms with Gasteiger partial charge in [-0.15, -0.1) is 0 Å². The van der Waals surface area contributed by atoms with Crippen LogP contribution < -0.4 is 5.32 Å². The lowest BCUT2D eigenvalue weighted by atomic mass is 10.3. The van der Waals surface area contributed by atoms with Gasteiger partial charge in [0.2, 0.25) is 5.91 Å². The Morgan fingerprint density at radius 3 is 2.55 bits per heavy atom. The number of amides is 1. The highest BCUT2D eigenvalue weighted by Crippen LogP contribution is 2.29. The second kappa shape index (κ2) is 7.62. The van der Waals surface area contributed by atoms with Crippen molar-refractivity contribution in [3.05, 3.63) is 17.5 Å². The van der Waals surface area contributed by atoms with Crippen LogP contribution in [0.4, 0.5) is 13.2 Å². The number of aromatic nitrogens is 2. The lowest BCUT2D eigenvalue weighted by Gasteiger charge is -2.15. The molecule has 0 fully saturated rings. The monoisotopic (exact) mass is 321 g/mol. The molecule has 1 aromatic heterocycles. The lowest BCUT2D eigenvalue weighted by molar-refractivity contribution is -0.142. The molecule has 1 unspecified atom stereocenters. The minimum absolute atomic E-state index is 0.127. The molecule has 0 aromatic carbocycles. The molecular weight excluding hydrogens is 299 g/mol. The summed E-state index contributed by atoms with van der Waals surface area (Å²) < 4.78 is 44.2. The van der Waals surface area contributed by atoms with E-state index < -0.39 is 17.9 Å². The molecule has 0 spiro atoms. The lowest BCUT2D eigenvalue weighted by Crippen LogP contribution is -2.33. The first kappa shape index (κ1) is 18.5. The Balaban J connectivity index is 2.55. The Bertz CT molecular complexity index is 498. The molecule has 0 bridgehead atoms. The molecule has 0 aliphatic heterocycles. The first-order valence-corrected chi connectivity index (χ1v) is 7.15. The van der Waals surface area contributed by atoms with Crippen LogP contribution in [0.1, 0.15) is 44.6 Å². The molecule has 0 aliphatic rings. The van der Waals surface area contributed by atoms with Gasteiger partial charge in [0.1, 0.15) is 6.04 Å². The Labute approximate surface area is 127 Å². The number of nitrogens with one attached hydrogen (secondary N) is 1. The fraction of sp³-hybridized carbons (Fsp3) is 0.714. The molecule has 1 amide bonds. The van der Waals surface area contributed by atoms with E-state index in [1.165, 1.54) is 13.8 Å². The third-order valence-corrected chi connectivity index (χ3v) is 3.03. The van der Waals surface area contributed by atoms with Crippen molar-refractivity contribution >= 4 is 5.91 Å². The van der Waals surface area contributed by atoms with E-state index in [1.54, 1.807) is 0 Å². The van der Waals surface area contributed by atoms with Gasteiger partial charge in [-0.1, -0.05) is 0 Å². The van der Waals surface area contributed by atoms with E-state index in [0.717, 1.165) is 10.7 Å². The van der Waals surface area contributed by atoms with Gasteiger partial charge in [0.15, 0.2) is 5.69 Å². The van der Waals surface area contributed by atoms with Crippen molar-refractivity contribution in [2.75, 3.05) is 13.2 Å². The Morgan fingerprint density at radius 2 is 2.05 bits per heavy atom. The van der Waals surface area contributed by atoms with Crippen molar-refractivity contribution in [2.24, 2.45) is 0 Å². The van der Waals surface area contributed by atoms with Crippen LogP contribution in [-0.2, 0) is 15.7 Å². The van der Waals surface area contributed by atoms with Crippen molar-refractivity contribution in [1.82, 2.24) is 15.1 Å². The van der Waals surface area contributed by atoms with Crippen LogP contribution >= 0.6 is 0 Å². The molecule has 1 aromatic rings. The highest BCUT2D eigenvalue weighted by Gasteiger charge is 2.35. The van der Waals surface area contributed by atoms with E-state index in [4.69, 9.17) is 4.74 Å². The number of alkyl halides is 3. The molecule has 22 heavy (non-hydrogen) atoms. The predicted molar refractivity (Wildman–Crippen MR) is 75.4 cm³/mol. The zero-order valence-corrected chi connectivity index (χ0v) is 13.2. The number of hydrogen-bond donors (Lipinski definition) is 1. The normalized spacial score (nSPS) is 13.5. The maximum atomic E-state index is 12.6. The minimum atomic E-state index is -4.51. The highest BCUT2D eigenvalue weighted by atomic mass is 19.4. The predicted octanol–water partition coefficient (Wildman–Crippen LogP) is 2.70. The van der Waals surface area contributed by atoms with Gasteiger partial charge >= 0.3 is 6.18 Å². The summed E-state index contributed by atoms with van der Waals surface area (Å²) in [5.41, 5.74) is -0.701. The molecule has 1 rings (SSSR count). The van der Waals surface area contributed by atoms with Gasteiger partial charge in [-0.3, -0.25) is 9.48 Å². The quantitative estimate of drug-likeness (QED) is 0.786. The summed E-state index contributed by atoms with van der Waals surface area (Å²) in [7, 11) is 0. The molecule has 0 aliphatic carbocycles. The molecule has 5 nitrogen and oxygen atoms in total. The van der Waals surface area contributed by atoms with Crippen LogP contribution in [0.2, 0.25) is 0 Å². The number of carbonyl (C=O) groups is 1. The third kappa shape index (κ3) is 5.32. The first-order valence-electron chi connectivity index (χ1n) is 7.15. The average Bonchev–Trinajstić information content (AvgIpc) is 2.79. The summed E-state index contributed by atoms with van der Waals surface area (Å²) in [6.07, 6.45) is -3.75. The van der Waals surface area contributed by atoms with Gasteiger partial charge in [0, 0.05) is 18.8 Å². The highest BCUT2D eigenvalue weighted by molar-refractivity contribution is 5.79. The summed E-state index contributed by atoms with van der Waals surface area (Å²) in [5, 5.41) is 6.14. The smallest absolute Gasteiger partial charge is 0.379 e. The topological polar surface area (TPSA) is 56.2 Å². The van der Waals surface area contributed by atoms with E-state index in [0.29, 0.717) is 19.6 Å². The maximum Gasteiger partial charge on any atom is 0.435 e. The SMILES string of the molecule is Cc1cc(C(F)(F)F)nn1C(C)C(=O)NCCCOC(C)C. The summed E-state index contributed by atoms with van der Waals surface area (Å²) >= 11 is 0. The van der Waals surface area contributed by atoms with Crippen LogP contribution in [0.5, 0.6) is 0 Å². The van der Waals surface area contributed by atoms with Crippen LogP contribution in [0.25, 0.3) is 0 Å². The summed E-state index contributed by atoms with van der Waals surface area (Å²) in [4.78, 5) is 12.0. The van der Waals surface area contributed by atoms with Crippen molar-refractivity contribution in [2.45, 2.75) is 52.4 Å². The zero-order valence-electron chi connectivity index (χ0n) is 13.2. The maximum absolute atomic E-state index is 12.6. The molecule has 0 saturated heterocycles. The van der Waals surface area contributed by atoms with Crippen LogP contribution in [0, 0.1) is 6.92 Å². The van der Waals surface area contributed by atoms with E-state index >= 15 is 0 Å². The number of carbonyl (C=O) groups excluding carboxylic acids is 1. The second-order valence-electron chi connectivity index (χ2n) is 5.35. The molecule has 1 atom stereocenters. The number of ether oxygens (including phenoxy) is 1. The van der Waals surface area contributed by atoms with Gasteiger partial charge in [0.05, 0.1) is 6.10 Å². The van der Waals surface area contributed by atoms with E-state index in [-0.39, 0.29) is 17.7 Å². The molecule has 0 radical (unpaired) electrons. The standard InChI is InChI=1S/C14H22F3N3O2/c1-9(2)22-7-5-6-18-13(21)11(4)20-10(3)8-12(19-20)14(15,16)17/h8-9,11H,5-7H2,1-4H3,(H,18,21). The number of halogens is 3. The molecule has 1 N–H and O–H groups in total.